The van der Waals surface area contributed by atoms with Gasteiger partial charge >= 0.3 is 6.18 Å². The number of hydrogen-bond acceptors (Lipinski definition) is 4. The van der Waals surface area contributed by atoms with E-state index in [-0.39, 0.29) is 18.9 Å². The van der Waals surface area contributed by atoms with Gasteiger partial charge in [0.15, 0.2) is 0 Å². The summed E-state index contributed by atoms with van der Waals surface area (Å²) in [6.07, 6.45) is -4.93. The first kappa shape index (κ1) is 18.2. The molecular weight excluding hydrogens is 371 g/mol. The third-order valence-corrected chi connectivity index (χ3v) is 4.92. The molecule has 0 saturated carbocycles. The van der Waals surface area contributed by atoms with Gasteiger partial charge in [-0.15, -0.1) is 0 Å². The first-order chi connectivity index (χ1) is 12.1. The lowest BCUT2D eigenvalue weighted by atomic mass is 10.2. The van der Waals surface area contributed by atoms with Crippen molar-refractivity contribution in [2.45, 2.75) is 11.1 Å². The molecule has 2 aromatic rings. The Kier molecular flexibility index (Phi) is 4.41. The number of nitrogens with zero attached hydrogens (tertiary/aromatic N) is 2. The molecule has 1 heterocycles. The van der Waals surface area contributed by atoms with Crippen LogP contribution in [0.2, 0.25) is 0 Å². The minimum absolute atomic E-state index is 0.00229. The number of rotatable bonds is 3. The van der Waals surface area contributed by atoms with E-state index in [1.165, 1.54) is 0 Å². The monoisotopic (exact) mass is 385 g/mol. The maximum Gasteiger partial charge on any atom is 0.417 e. The molecule has 1 saturated heterocycles. The molecule has 138 valence electrons. The van der Waals surface area contributed by atoms with Gasteiger partial charge in [-0.1, -0.05) is 18.2 Å². The SMILES string of the molecule is NS(=O)(=O)c1ccc(N2CN(c3ccccc3)CC2=O)cc1C(F)(F)F. The zero-order chi connectivity index (χ0) is 19.1. The Morgan fingerprint density at radius 1 is 1.00 bits per heavy atom. The second kappa shape index (κ2) is 6.29. The van der Waals surface area contributed by atoms with Gasteiger partial charge in [0.2, 0.25) is 15.9 Å². The molecule has 2 aromatic carbocycles. The fourth-order valence-corrected chi connectivity index (χ4v) is 3.48. The van der Waals surface area contributed by atoms with Crippen molar-refractivity contribution in [3.05, 3.63) is 54.1 Å². The first-order valence-electron chi connectivity index (χ1n) is 7.42. The van der Waals surface area contributed by atoms with Crippen molar-refractivity contribution >= 4 is 27.3 Å². The van der Waals surface area contributed by atoms with E-state index >= 15 is 0 Å². The molecule has 1 aliphatic rings. The average molecular weight is 385 g/mol. The maximum absolute atomic E-state index is 13.3. The number of hydrogen-bond donors (Lipinski definition) is 1. The molecule has 0 unspecified atom stereocenters. The van der Waals surface area contributed by atoms with E-state index in [2.05, 4.69) is 0 Å². The van der Waals surface area contributed by atoms with Crippen LogP contribution in [-0.4, -0.2) is 27.5 Å². The van der Waals surface area contributed by atoms with Crippen LogP contribution in [-0.2, 0) is 21.0 Å². The van der Waals surface area contributed by atoms with Crippen molar-refractivity contribution in [1.82, 2.24) is 0 Å². The summed E-state index contributed by atoms with van der Waals surface area (Å²) >= 11 is 0. The van der Waals surface area contributed by atoms with E-state index in [1.54, 1.807) is 35.2 Å². The summed E-state index contributed by atoms with van der Waals surface area (Å²) in [5.74, 6) is -0.398. The summed E-state index contributed by atoms with van der Waals surface area (Å²) in [5, 5.41) is 4.87. The van der Waals surface area contributed by atoms with Crippen molar-refractivity contribution in [1.29, 1.82) is 0 Å². The molecule has 6 nitrogen and oxygen atoms in total. The number of halogens is 3. The summed E-state index contributed by atoms with van der Waals surface area (Å²) in [4.78, 5) is 14.1. The minimum Gasteiger partial charge on any atom is -0.344 e. The molecule has 0 radical (unpaired) electrons. The fourth-order valence-electron chi connectivity index (χ4n) is 2.74. The Bertz CT molecular complexity index is 946. The van der Waals surface area contributed by atoms with Crippen LogP contribution in [0.3, 0.4) is 0 Å². The highest BCUT2D eigenvalue weighted by atomic mass is 32.2. The molecule has 0 aliphatic carbocycles. The van der Waals surface area contributed by atoms with Gasteiger partial charge in [-0.05, 0) is 30.3 Å². The second-order valence-electron chi connectivity index (χ2n) is 5.72. The number of anilines is 2. The van der Waals surface area contributed by atoms with Crippen LogP contribution < -0.4 is 14.9 Å². The highest BCUT2D eigenvalue weighted by Gasteiger charge is 2.38. The molecule has 0 bridgehead atoms. The number of primary sulfonamides is 1. The van der Waals surface area contributed by atoms with E-state index < -0.39 is 32.6 Å². The number of sulfonamides is 1. The Balaban J connectivity index is 1.99. The normalized spacial score (nSPS) is 15.6. The summed E-state index contributed by atoms with van der Waals surface area (Å²) in [7, 11) is -4.56. The standard InChI is InChI=1S/C16H14F3N3O3S/c17-16(18,19)13-8-12(6-7-14(13)26(20,24)25)22-10-21(9-15(22)23)11-4-2-1-3-5-11/h1-8H,9-10H2,(H2,20,24,25). The zero-order valence-corrected chi connectivity index (χ0v) is 14.1. The number of alkyl halides is 3. The fraction of sp³-hybridized carbons (Fsp3) is 0.188. The molecule has 1 fully saturated rings. The number of amides is 1. The molecule has 10 heteroatoms. The molecule has 1 amide bonds. The predicted molar refractivity (Wildman–Crippen MR) is 89.0 cm³/mol. The Hall–Kier alpha value is -2.59. The van der Waals surface area contributed by atoms with Crippen molar-refractivity contribution in [3.63, 3.8) is 0 Å². The zero-order valence-electron chi connectivity index (χ0n) is 13.3. The van der Waals surface area contributed by atoms with Crippen LogP contribution in [0.15, 0.2) is 53.4 Å². The molecule has 26 heavy (non-hydrogen) atoms. The molecule has 1 aliphatic heterocycles. The summed E-state index contributed by atoms with van der Waals surface area (Å²) in [5.41, 5.74) is -0.697. The molecule has 3 rings (SSSR count). The number of carbonyl (C=O) groups is 1. The van der Waals surface area contributed by atoms with Crippen LogP contribution in [0.5, 0.6) is 0 Å². The summed E-state index contributed by atoms with van der Waals surface area (Å²) < 4.78 is 62.6. The van der Waals surface area contributed by atoms with E-state index in [1.807, 2.05) is 0 Å². The van der Waals surface area contributed by atoms with E-state index in [4.69, 9.17) is 5.14 Å². The summed E-state index contributed by atoms with van der Waals surface area (Å²) in [6, 6.07) is 11.5. The van der Waals surface area contributed by atoms with Crippen molar-refractivity contribution in [3.8, 4) is 0 Å². The van der Waals surface area contributed by atoms with Gasteiger partial charge in [-0.2, -0.15) is 13.2 Å². The van der Waals surface area contributed by atoms with Crippen LogP contribution in [0.1, 0.15) is 5.56 Å². The lowest BCUT2D eigenvalue weighted by Crippen LogP contribution is -2.28. The van der Waals surface area contributed by atoms with Crippen LogP contribution in [0.25, 0.3) is 0 Å². The first-order valence-corrected chi connectivity index (χ1v) is 8.96. The van der Waals surface area contributed by atoms with Crippen LogP contribution in [0.4, 0.5) is 24.5 Å². The van der Waals surface area contributed by atoms with Gasteiger partial charge in [0.1, 0.15) is 0 Å². The van der Waals surface area contributed by atoms with Crippen LogP contribution in [0, 0.1) is 0 Å². The third-order valence-electron chi connectivity index (χ3n) is 3.95. The molecular formula is C16H14F3N3O3S. The Labute approximate surface area is 147 Å². The second-order valence-corrected chi connectivity index (χ2v) is 7.25. The third kappa shape index (κ3) is 3.51. The molecule has 0 atom stereocenters. The highest BCUT2D eigenvalue weighted by Crippen LogP contribution is 2.37. The van der Waals surface area contributed by atoms with Crippen molar-refractivity contribution in [2.75, 3.05) is 23.0 Å². The number of para-hydroxylation sites is 1. The van der Waals surface area contributed by atoms with Crippen molar-refractivity contribution in [2.24, 2.45) is 5.14 Å². The Morgan fingerprint density at radius 3 is 2.23 bits per heavy atom. The van der Waals surface area contributed by atoms with Gasteiger partial charge < -0.3 is 4.90 Å². The topological polar surface area (TPSA) is 83.7 Å². The molecule has 0 spiro atoms. The smallest absolute Gasteiger partial charge is 0.344 e. The van der Waals surface area contributed by atoms with E-state index in [9.17, 15) is 26.4 Å². The quantitative estimate of drug-likeness (QED) is 0.878. The minimum atomic E-state index is -4.93. The lowest BCUT2D eigenvalue weighted by molar-refractivity contribution is -0.139. The van der Waals surface area contributed by atoms with E-state index in [0.717, 1.165) is 22.7 Å². The Morgan fingerprint density at radius 2 is 1.65 bits per heavy atom. The number of carbonyl (C=O) groups excluding carboxylic acids is 1. The number of benzene rings is 2. The van der Waals surface area contributed by atoms with Crippen molar-refractivity contribution < 1.29 is 26.4 Å². The van der Waals surface area contributed by atoms with Gasteiger partial charge in [0, 0.05) is 11.4 Å². The lowest BCUT2D eigenvalue weighted by Gasteiger charge is -2.21. The summed E-state index contributed by atoms with van der Waals surface area (Å²) in [6.45, 7) is 0.0527. The molecule has 2 N–H and O–H groups in total. The maximum atomic E-state index is 13.3. The predicted octanol–water partition coefficient (Wildman–Crippen LogP) is 2.16. The average Bonchev–Trinajstić information content (AvgIpc) is 2.95. The number of nitrogens with two attached hydrogens (primary N) is 1. The van der Waals surface area contributed by atoms with Gasteiger partial charge in [0.05, 0.1) is 23.7 Å². The van der Waals surface area contributed by atoms with E-state index in [0.29, 0.717) is 6.07 Å². The van der Waals surface area contributed by atoms with Crippen LogP contribution >= 0.6 is 0 Å². The molecule has 0 aromatic heterocycles. The van der Waals surface area contributed by atoms with Gasteiger partial charge in [-0.25, -0.2) is 13.6 Å². The largest absolute Gasteiger partial charge is 0.417 e. The van der Waals surface area contributed by atoms with Gasteiger partial charge in [-0.3, -0.25) is 9.69 Å². The van der Waals surface area contributed by atoms with Gasteiger partial charge in [0.25, 0.3) is 0 Å². The highest BCUT2D eigenvalue weighted by molar-refractivity contribution is 7.89.